The van der Waals surface area contributed by atoms with E-state index in [2.05, 4.69) is 15.2 Å². The van der Waals surface area contributed by atoms with E-state index in [9.17, 15) is 9.59 Å². The van der Waals surface area contributed by atoms with E-state index in [1.54, 1.807) is 13.1 Å². The van der Waals surface area contributed by atoms with Crippen molar-refractivity contribution in [3.8, 4) is 0 Å². The normalized spacial score (nSPS) is 15.3. The number of nitrogens with zero attached hydrogens (tertiary/aromatic N) is 2. The van der Waals surface area contributed by atoms with Crippen molar-refractivity contribution < 1.29 is 14.3 Å². The summed E-state index contributed by atoms with van der Waals surface area (Å²) >= 11 is 1.42. The molecule has 0 radical (unpaired) electrons. The van der Waals surface area contributed by atoms with Gasteiger partial charge in [0.1, 0.15) is 10.8 Å². The Morgan fingerprint density at radius 1 is 1.47 bits per heavy atom. The van der Waals surface area contributed by atoms with Gasteiger partial charge in [-0.3, -0.25) is 9.59 Å². The number of amides is 1. The number of morpholine rings is 1. The van der Waals surface area contributed by atoms with Crippen LogP contribution in [-0.2, 0) is 14.3 Å². The van der Waals surface area contributed by atoms with E-state index in [4.69, 9.17) is 4.74 Å². The Labute approximate surface area is 115 Å². The third-order valence-corrected chi connectivity index (χ3v) is 3.79. The second-order valence-corrected chi connectivity index (χ2v) is 5.23. The van der Waals surface area contributed by atoms with Crippen LogP contribution >= 0.6 is 11.3 Å². The fraction of sp³-hybridized carbons (Fsp3) is 0.583. The van der Waals surface area contributed by atoms with Gasteiger partial charge in [0.2, 0.25) is 5.91 Å². The number of carbonyl (C=O) groups excluding carboxylic acids is 2. The van der Waals surface area contributed by atoms with Gasteiger partial charge in [-0.05, 0) is 0 Å². The summed E-state index contributed by atoms with van der Waals surface area (Å²) in [5.41, 5.74) is 0. The Kier molecular flexibility index (Phi) is 4.86. The number of hydrogen-bond donors (Lipinski definition) is 1. The monoisotopic (exact) mass is 283 g/mol. The molecule has 0 bridgehead atoms. The highest BCUT2D eigenvalue weighted by atomic mass is 32.1. The van der Waals surface area contributed by atoms with E-state index in [1.165, 1.54) is 11.3 Å². The van der Waals surface area contributed by atoms with Gasteiger partial charge in [0.15, 0.2) is 5.13 Å². The third kappa shape index (κ3) is 4.00. The minimum Gasteiger partial charge on any atom is -0.378 e. The van der Waals surface area contributed by atoms with E-state index >= 15 is 0 Å². The zero-order chi connectivity index (χ0) is 13.7. The largest absolute Gasteiger partial charge is 0.378 e. The van der Waals surface area contributed by atoms with Crippen LogP contribution < -0.4 is 10.2 Å². The lowest BCUT2D eigenvalue weighted by Crippen LogP contribution is -2.35. The van der Waals surface area contributed by atoms with Crippen LogP contribution in [-0.4, -0.2) is 43.0 Å². The maximum absolute atomic E-state index is 11.6. The summed E-state index contributed by atoms with van der Waals surface area (Å²) in [6.45, 7) is 4.85. The zero-order valence-corrected chi connectivity index (χ0v) is 11.7. The number of Topliss-reactive ketones (excluding diaryl/α,β-unsaturated/α-hetero) is 1. The lowest BCUT2D eigenvalue weighted by Gasteiger charge is -2.26. The molecule has 1 fully saturated rings. The maximum atomic E-state index is 11.6. The molecule has 0 saturated carbocycles. The van der Waals surface area contributed by atoms with Gasteiger partial charge in [0.05, 0.1) is 25.8 Å². The Balaban J connectivity index is 1.89. The quantitative estimate of drug-likeness (QED) is 0.824. The molecule has 2 heterocycles. The van der Waals surface area contributed by atoms with Crippen molar-refractivity contribution in [2.45, 2.75) is 19.8 Å². The summed E-state index contributed by atoms with van der Waals surface area (Å²) in [5, 5.41) is 4.21. The summed E-state index contributed by atoms with van der Waals surface area (Å²) in [4.78, 5) is 29.1. The molecule has 1 N–H and O–H groups in total. The molecule has 1 aliphatic rings. The molecular weight excluding hydrogens is 266 g/mol. The van der Waals surface area contributed by atoms with Gasteiger partial charge in [-0.1, -0.05) is 18.3 Å². The molecule has 104 valence electrons. The van der Waals surface area contributed by atoms with Crippen molar-refractivity contribution >= 4 is 33.2 Å². The van der Waals surface area contributed by atoms with Gasteiger partial charge in [0.25, 0.3) is 0 Å². The molecule has 6 nitrogen and oxygen atoms in total. The minimum atomic E-state index is -0.297. The van der Waals surface area contributed by atoms with Gasteiger partial charge < -0.3 is 15.0 Å². The van der Waals surface area contributed by atoms with Gasteiger partial charge in [-0.15, -0.1) is 0 Å². The number of carbonyl (C=O) groups is 2. The highest BCUT2D eigenvalue weighted by molar-refractivity contribution is 7.19. The van der Waals surface area contributed by atoms with E-state index < -0.39 is 0 Å². The SMILES string of the molecule is CCC(=O)CC(=O)Nc1ncc(N2CCOCC2)s1. The Morgan fingerprint density at radius 3 is 2.89 bits per heavy atom. The Hall–Kier alpha value is -1.47. The molecule has 1 aliphatic heterocycles. The number of ether oxygens (including phenoxy) is 1. The molecule has 1 amide bonds. The summed E-state index contributed by atoms with van der Waals surface area (Å²) in [5.74, 6) is -0.364. The predicted octanol–water partition coefficient (Wildman–Crippen LogP) is 1.29. The van der Waals surface area contributed by atoms with Gasteiger partial charge in [0, 0.05) is 19.5 Å². The minimum absolute atomic E-state index is 0.0672. The average Bonchev–Trinajstić information content (AvgIpc) is 2.88. The number of ketones is 1. The van der Waals surface area contributed by atoms with Crippen LogP contribution in [0.25, 0.3) is 0 Å². The molecule has 1 aromatic rings. The van der Waals surface area contributed by atoms with E-state index in [0.717, 1.165) is 18.1 Å². The first-order valence-electron chi connectivity index (χ1n) is 6.29. The fourth-order valence-electron chi connectivity index (χ4n) is 1.72. The molecular formula is C12H17N3O3S. The first-order valence-corrected chi connectivity index (χ1v) is 7.10. The zero-order valence-electron chi connectivity index (χ0n) is 10.8. The second-order valence-electron chi connectivity index (χ2n) is 4.22. The van der Waals surface area contributed by atoms with Crippen LogP contribution in [0.4, 0.5) is 10.1 Å². The van der Waals surface area contributed by atoms with Crippen LogP contribution in [0.2, 0.25) is 0 Å². The molecule has 1 aromatic heterocycles. The lowest BCUT2D eigenvalue weighted by molar-refractivity contribution is -0.125. The van der Waals surface area contributed by atoms with Crippen molar-refractivity contribution in [1.29, 1.82) is 0 Å². The number of aromatic nitrogens is 1. The molecule has 0 unspecified atom stereocenters. The van der Waals surface area contributed by atoms with E-state index in [-0.39, 0.29) is 18.1 Å². The topological polar surface area (TPSA) is 71.5 Å². The summed E-state index contributed by atoms with van der Waals surface area (Å²) in [6, 6.07) is 0. The highest BCUT2D eigenvalue weighted by Crippen LogP contribution is 2.27. The fourth-order valence-corrected chi connectivity index (χ4v) is 2.61. The van der Waals surface area contributed by atoms with E-state index in [1.807, 2.05) is 0 Å². The summed E-state index contributed by atoms with van der Waals surface area (Å²) in [6.07, 6.45) is 2.04. The van der Waals surface area contributed by atoms with Crippen molar-refractivity contribution in [3.05, 3.63) is 6.20 Å². The average molecular weight is 283 g/mol. The number of thiazole rings is 1. The van der Waals surface area contributed by atoms with Crippen molar-refractivity contribution in [3.63, 3.8) is 0 Å². The second kappa shape index (κ2) is 6.63. The van der Waals surface area contributed by atoms with Crippen LogP contribution in [0.1, 0.15) is 19.8 Å². The molecule has 2 rings (SSSR count). The third-order valence-electron chi connectivity index (χ3n) is 2.81. The number of rotatable bonds is 5. The van der Waals surface area contributed by atoms with Crippen molar-refractivity contribution in [2.24, 2.45) is 0 Å². The van der Waals surface area contributed by atoms with Gasteiger partial charge >= 0.3 is 0 Å². The highest BCUT2D eigenvalue weighted by Gasteiger charge is 2.15. The first-order chi connectivity index (χ1) is 9.19. The van der Waals surface area contributed by atoms with Crippen LogP contribution in [0.3, 0.4) is 0 Å². The van der Waals surface area contributed by atoms with Crippen LogP contribution in [0.15, 0.2) is 6.20 Å². The molecule has 0 spiro atoms. The predicted molar refractivity (Wildman–Crippen MR) is 73.7 cm³/mol. The van der Waals surface area contributed by atoms with Crippen molar-refractivity contribution in [2.75, 3.05) is 36.5 Å². The molecule has 0 aromatic carbocycles. The smallest absolute Gasteiger partial charge is 0.233 e. The molecule has 1 saturated heterocycles. The van der Waals surface area contributed by atoms with Crippen LogP contribution in [0.5, 0.6) is 0 Å². The molecule has 0 aliphatic carbocycles. The molecule has 19 heavy (non-hydrogen) atoms. The van der Waals surface area contributed by atoms with Gasteiger partial charge in [-0.2, -0.15) is 0 Å². The summed E-state index contributed by atoms with van der Waals surface area (Å²) < 4.78 is 5.28. The lowest BCUT2D eigenvalue weighted by atomic mass is 10.2. The van der Waals surface area contributed by atoms with E-state index in [0.29, 0.717) is 24.8 Å². The first kappa shape index (κ1) is 14.0. The number of anilines is 2. The van der Waals surface area contributed by atoms with Crippen LogP contribution in [0, 0.1) is 0 Å². The van der Waals surface area contributed by atoms with Crippen molar-refractivity contribution in [1.82, 2.24) is 4.98 Å². The Morgan fingerprint density at radius 2 is 2.21 bits per heavy atom. The maximum Gasteiger partial charge on any atom is 0.233 e. The number of nitrogens with one attached hydrogen (secondary N) is 1. The van der Waals surface area contributed by atoms with Gasteiger partial charge in [-0.25, -0.2) is 4.98 Å². The molecule has 7 heteroatoms. The summed E-state index contributed by atoms with van der Waals surface area (Å²) in [7, 11) is 0. The number of hydrogen-bond acceptors (Lipinski definition) is 6. The standard InChI is InChI=1S/C12H17N3O3S/c1-2-9(16)7-10(17)14-12-13-8-11(19-12)15-3-5-18-6-4-15/h8H,2-7H2,1H3,(H,13,14,17). The molecule has 0 atom stereocenters. The Bertz CT molecular complexity index is 455.